The molecule has 0 spiro atoms. The van der Waals surface area contributed by atoms with Crippen LogP contribution in [0.5, 0.6) is 5.75 Å². The van der Waals surface area contributed by atoms with Crippen LogP contribution in [0.15, 0.2) is 54.9 Å². The third kappa shape index (κ3) is 7.42. The molecular formula is C21H28N2O. The Kier molecular flexibility index (Phi) is 8.66. The lowest BCUT2D eigenvalue weighted by atomic mass is 10.1. The van der Waals surface area contributed by atoms with Crippen molar-refractivity contribution in [1.29, 1.82) is 0 Å². The summed E-state index contributed by atoms with van der Waals surface area (Å²) in [5, 5.41) is 3.52. The molecule has 0 saturated carbocycles. The third-order valence-corrected chi connectivity index (χ3v) is 3.94. The van der Waals surface area contributed by atoms with Gasteiger partial charge in [-0.15, -0.1) is 0 Å². The molecule has 24 heavy (non-hydrogen) atoms. The van der Waals surface area contributed by atoms with Crippen molar-refractivity contribution in [2.75, 3.05) is 20.2 Å². The van der Waals surface area contributed by atoms with E-state index >= 15 is 0 Å². The molecule has 1 N–H and O–H groups in total. The van der Waals surface area contributed by atoms with Gasteiger partial charge in [-0.05, 0) is 74.5 Å². The molecule has 0 radical (unpaired) electrons. The van der Waals surface area contributed by atoms with E-state index in [-0.39, 0.29) is 0 Å². The standard InChI is InChI=1S/C21H28N2O/c1-24-21-13-11-19(12-14-21)8-3-2-5-15-22-16-6-4-9-20-10-7-17-23-18-20/h3,7-8,10-14,17-18,22H,2,4-6,9,15-16H2,1H3. The van der Waals surface area contributed by atoms with Gasteiger partial charge in [0.25, 0.3) is 0 Å². The molecular weight excluding hydrogens is 296 g/mol. The lowest BCUT2D eigenvalue weighted by molar-refractivity contribution is 0.415. The number of hydrogen-bond acceptors (Lipinski definition) is 3. The number of unbranched alkanes of at least 4 members (excludes halogenated alkanes) is 2. The fourth-order valence-electron chi connectivity index (χ4n) is 2.53. The number of aromatic nitrogens is 1. The van der Waals surface area contributed by atoms with Gasteiger partial charge in [0, 0.05) is 12.4 Å². The fraction of sp³-hybridized carbons (Fsp3) is 0.381. The topological polar surface area (TPSA) is 34.1 Å². The molecule has 0 amide bonds. The van der Waals surface area contributed by atoms with Gasteiger partial charge in [-0.3, -0.25) is 4.98 Å². The number of aryl methyl sites for hydroxylation is 1. The van der Waals surface area contributed by atoms with Gasteiger partial charge in [-0.1, -0.05) is 30.4 Å². The van der Waals surface area contributed by atoms with Crippen molar-refractivity contribution in [2.24, 2.45) is 0 Å². The minimum absolute atomic E-state index is 0.903. The predicted octanol–water partition coefficient (Wildman–Crippen LogP) is 4.50. The summed E-state index contributed by atoms with van der Waals surface area (Å²) in [4.78, 5) is 4.14. The minimum Gasteiger partial charge on any atom is -0.497 e. The second-order valence-electron chi connectivity index (χ2n) is 5.89. The molecule has 0 bridgehead atoms. The first-order valence-electron chi connectivity index (χ1n) is 8.79. The summed E-state index contributed by atoms with van der Waals surface area (Å²) in [5.74, 6) is 0.903. The highest BCUT2D eigenvalue weighted by atomic mass is 16.5. The maximum Gasteiger partial charge on any atom is 0.118 e. The van der Waals surface area contributed by atoms with Crippen molar-refractivity contribution in [2.45, 2.75) is 32.1 Å². The number of ether oxygens (including phenoxy) is 1. The first-order valence-corrected chi connectivity index (χ1v) is 8.79. The highest BCUT2D eigenvalue weighted by molar-refractivity contribution is 5.50. The predicted molar refractivity (Wildman–Crippen MR) is 101 cm³/mol. The maximum absolute atomic E-state index is 5.16. The molecule has 3 nitrogen and oxygen atoms in total. The summed E-state index contributed by atoms with van der Waals surface area (Å²) < 4.78 is 5.16. The molecule has 0 aliphatic heterocycles. The zero-order chi connectivity index (χ0) is 16.9. The van der Waals surface area contributed by atoms with Crippen molar-refractivity contribution in [1.82, 2.24) is 10.3 Å². The molecule has 2 aromatic rings. The molecule has 0 aliphatic carbocycles. The van der Waals surface area contributed by atoms with Crippen LogP contribution in [0.4, 0.5) is 0 Å². The van der Waals surface area contributed by atoms with Crippen molar-refractivity contribution in [3.05, 3.63) is 66.0 Å². The number of nitrogens with one attached hydrogen (secondary N) is 1. The molecule has 0 aliphatic rings. The lowest BCUT2D eigenvalue weighted by Crippen LogP contribution is -2.16. The Balaban J connectivity index is 1.45. The van der Waals surface area contributed by atoms with Crippen LogP contribution in [0, 0.1) is 0 Å². The van der Waals surface area contributed by atoms with Gasteiger partial charge >= 0.3 is 0 Å². The first kappa shape index (κ1) is 18.2. The van der Waals surface area contributed by atoms with Crippen LogP contribution in [0.2, 0.25) is 0 Å². The second-order valence-corrected chi connectivity index (χ2v) is 5.89. The number of hydrogen-bond donors (Lipinski definition) is 1. The van der Waals surface area contributed by atoms with E-state index in [4.69, 9.17) is 4.74 Å². The number of benzene rings is 1. The highest BCUT2D eigenvalue weighted by Gasteiger charge is 1.93. The molecule has 0 fully saturated rings. The van der Waals surface area contributed by atoms with Gasteiger partial charge in [0.15, 0.2) is 0 Å². The number of allylic oxidation sites excluding steroid dienone is 1. The number of pyridine rings is 1. The van der Waals surface area contributed by atoms with Gasteiger partial charge in [-0.2, -0.15) is 0 Å². The second kappa shape index (κ2) is 11.4. The monoisotopic (exact) mass is 324 g/mol. The summed E-state index contributed by atoms with van der Waals surface area (Å²) >= 11 is 0. The van der Waals surface area contributed by atoms with Crippen LogP contribution in [-0.2, 0) is 6.42 Å². The summed E-state index contributed by atoms with van der Waals surface area (Å²) in [5.41, 5.74) is 2.56. The van der Waals surface area contributed by atoms with Gasteiger partial charge in [0.2, 0.25) is 0 Å². The average Bonchev–Trinajstić information content (AvgIpc) is 2.64. The van der Waals surface area contributed by atoms with Crippen LogP contribution in [0.25, 0.3) is 6.08 Å². The lowest BCUT2D eigenvalue weighted by Gasteiger charge is -2.04. The molecule has 1 aromatic heterocycles. The van der Waals surface area contributed by atoms with E-state index in [1.165, 1.54) is 30.4 Å². The van der Waals surface area contributed by atoms with Crippen LogP contribution in [0.3, 0.4) is 0 Å². The Morgan fingerprint density at radius 2 is 1.88 bits per heavy atom. The van der Waals surface area contributed by atoms with Crippen molar-refractivity contribution in [3.8, 4) is 5.75 Å². The van der Waals surface area contributed by atoms with E-state index in [2.05, 4.69) is 40.7 Å². The summed E-state index contributed by atoms with van der Waals surface area (Å²) in [6.07, 6.45) is 14.0. The van der Waals surface area contributed by atoms with Crippen molar-refractivity contribution >= 4 is 6.08 Å². The average molecular weight is 324 g/mol. The zero-order valence-corrected chi connectivity index (χ0v) is 14.6. The van der Waals surface area contributed by atoms with E-state index in [1.807, 2.05) is 30.6 Å². The van der Waals surface area contributed by atoms with E-state index in [9.17, 15) is 0 Å². The largest absolute Gasteiger partial charge is 0.497 e. The Morgan fingerprint density at radius 1 is 1.04 bits per heavy atom. The van der Waals surface area contributed by atoms with Crippen molar-refractivity contribution < 1.29 is 4.74 Å². The molecule has 0 atom stereocenters. The third-order valence-electron chi connectivity index (χ3n) is 3.94. The number of rotatable bonds is 11. The summed E-state index contributed by atoms with van der Waals surface area (Å²) in [6, 6.07) is 12.3. The highest BCUT2D eigenvalue weighted by Crippen LogP contribution is 2.12. The molecule has 128 valence electrons. The molecule has 0 unspecified atom stereocenters. The summed E-state index contributed by atoms with van der Waals surface area (Å²) in [7, 11) is 1.69. The molecule has 1 heterocycles. The Morgan fingerprint density at radius 3 is 2.62 bits per heavy atom. The summed E-state index contributed by atoms with van der Waals surface area (Å²) in [6.45, 7) is 2.18. The fourth-order valence-corrected chi connectivity index (χ4v) is 2.53. The first-order chi connectivity index (χ1) is 11.9. The van der Waals surface area contributed by atoms with E-state index in [1.54, 1.807) is 7.11 Å². The molecule has 0 saturated heterocycles. The van der Waals surface area contributed by atoms with Crippen molar-refractivity contribution in [3.63, 3.8) is 0 Å². The zero-order valence-electron chi connectivity index (χ0n) is 14.6. The number of nitrogens with zero attached hydrogens (tertiary/aromatic N) is 1. The minimum atomic E-state index is 0.903. The van der Waals surface area contributed by atoms with Gasteiger partial charge in [0.1, 0.15) is 5.75 Å². The Labute approximate surface area is 145 Å². The van der Waals surface area contributed by atoms with E-state index < -0.39 is 0 Å². The maximum atomic E-state index is 5.16. The van der Waals surface area contributed by atoms with Crippen LogP contribution in [-0.4, -0.2) is 25.2 Å². The normalized spacial score (nSPS) is 11.0. The van der Waals surface area contributed by atoms with Crippen LogP contribution >= 0.6 is 0 Å². The molecule has 2 rings (SSSR count). The van der Waals surface area contributed by atoms with E-state index in [0.29, 0.717) is 0 Å². The molecule has 3 heteroatoms. The Hall–Kier alpha value is -2.13. The van der Waals surface area contributed by atoms with Crippen LogP contribution in [0.1, 0.15) is 36.8 Å². The quantitative estimate of drug-likeness (QED) is 0.618. The smallest absolute Gasteiger partial charge is 0.118 e. The van der Waals surface area contributed by atoms with Gasteiger partial charge in [0.05, 0.1) is 7.11 Å². The number of methoxy groups -OCH3 is 1. The van der Waals surface area contributed by atoms with E-state index in [0.717, 1.165) is 31.7 Å². The van der Waals surface area contributed by atoms with Gasteiger partial charge < -0.3 is 10.1 Å². The van der Waals surface area contributed by atoms with Crippen LogP contribution < -0.4 is 10.1 Å². The van der Waals surface area contributed by atoms with Gasteiger partial charge in [-0.25, -0.2) is 0 Å². The Bertz CT molecular complexity index is 579. The SMILES string of the molecule is COc1ccc(C=CCCCNCCCCc2cccnc2)cc1. The molecule has 1 aromatic carbocycles.